The van der Waals surface area contributed by atoms with Gasteiger partial charge in [-0.3, -0.25) is 14.9 Å². The molecule has 0 saturated carbocycles. The number of rotatable bonds is 6. The number of hydrogen-bond donors (Lipinski definition) is 2. The molecule has 126 valence electrons. The highest BCUT2D eigenvalue weighted by molar-refractivity contribution is 5.96. The maximum absolute atomic E-state index is 12.3. The van der Waals surface area contributed by atoms with Crippen molar-refractivity contribution < 1.29 is 24.4 Å². The molecule has 0 saturated heterocycles. The molecule has 1 unspecified atom stereocenters. The number of carboxylic acids is 1. The van der Waals surface area contributed by atoms with Crippen LogP contribution in [-0.4, -0.2) is 38.8 Å². The zero-order valence-corrected chi connectivity index (χ0v) is 12.8. The summed E-state index contributed by atoms with van der Waals surface area (Å²) in [5.74, 6) is -1.61. The van der Waals surface area contributed by atoms with Crippen LogP contribution >= 0.6 is 0 Å². The largest absolute Gasteiger partial charge is 0.496 e. The van der Waals surface area contributed by atoms with E-state index in [0.717, 1.165) is 4.68 Å². The Balaban J connectivity index is 2.27. The van der Waals surface area contributed by atoms with Crippen molar-refractivity contribution in [1.29, 1.82) is 0 Å². The summed E-state index contributed by atoms with van der Waals surface area (Å²) in [6.07, 6.45) is 1.25. The molecule has 10 nitrogen and oxygen atoms in total. The summed E-state index contributed by atoms with van der Waals surface area (Å²) in [5, 5.41) is 26.4. The lowest BCUT2D eigenvalue weighted by molar-refractivity contribution is -0.384. The minimum atomic E-state index is -1.23. The molecule has 24 heavy (non-hydrogen) atoms. The van der Waals surface area contributed by atoms with Crippen molar-refractivity contribution in [2.24, 2.45) is 0 Å². The van der Waals surface area contributed by atoms with E-state index in [4.69, 9.17) is 9.84 Å². The molecule has 2 N–H and O–H groups in total. The van der Waals surface area contributed by atoms with Gasteiger partial charge in [-0.05, 0) is 25.1 Å². The fourth-order valence-electron chi connectivity index (χ4n) is 2.04. The van der Waals surface area contributed by atoms with E-state index in [2.05, 4.69) is 10.4 Å². The third kappa shape index (κ3) is 3.32. The summed E-state index contributed by atoms with van der Waals surface area (Å²) in [5.41, 5.74) is -0.530. The average molecular weight is 334 g/mol. The van der Waals surface area contributed by atoms with Gasteiger partial charge in [-0.15, -0.1) is 0 Å². The Morgan fingerprint density at radius 3 is 2.71 bits per heavy atom. The number of amides is 1. The maximum Gasteiger partial charge on any atom is 0.354 e. The van der Waals surface area contributed by atoms with Crippen LogP contribution in [0.25, 0.3) is 0 Å². The van der Waals surface area contributed by atoms with Crippen LogP contribution in [0.3, 0.4) is 0 Å². The number of anilines is 1. The quantitative estimate of drug-likeness (QED) is 0.606. The fourth-order valence-corrected chi connectivity index (χ4v) is 2.04. The summed E-state index contributed by atoms with van der Waals surface area (Å²) >= 11 is 0. The van der Waals surface area contributed by atoms with Crippen LogP contribution < -0.4 is 10.1 Å². The number of nitrogens with one attached hydrogen (secondary N) is 1. The summed E-state index contributed by atoms with van der Waals surface area (Å²) in [7, 11) is 1.37. The molecule has 1 atom stereocenters. The van der Waals surface area contributed by atoms with Gasteiger partial charge in [-0.2, -0.15) is 5.10 Å². The lowest BCUT2D eigenvalue weighted by Crippen LogP contribution is -2.27. The first-order valence-corrected chi connectivity index (χ1v) is 6.75. The first-order valence-electron chi connectivity index (χ1n) is 6.75. The van der Waals surface area contributed by atoms with Gasteiger partial charge in [0.1, 0.15) is 23.2 Å². The van der Waals surface area contributed by atoms with Crippen molar-refractivity contribution in [3.8, 4) is 5.75 Å². The Morgan fingerprint density at radius 2 is 2.12 bits per heavy atom. The number of aromatic nitrogens is 2. The van der Waals surface area contributed by atoms with Gasteiger partial charge in [0.25, 0.3) is 5.69 Å². The molecular weight excluding hydrogens is 320 g/mol. The average Bonchev–Trinajstić information content (AvgIpc) is 3.04. The van der Waals surface area contributed by atoms with Crippen LogP contribution in [0.4, 0.5) is 11.4 Å². The molecule has 1 amide bonds. The number of carbonyl (C=O) groups is 2. The molecule has 10 heteroatoms. The minimum Gasteiger partial charge on any atom is -0.496 e. The van der Waals surface area contributed by atoms with E-state index < -0.39 is 22.8 Å². The van der Waals surface area contributed by atoms with Gasteiger partial charge in [0.05, 0.1) is 18.1 Å². The number of hydrogen-bond acceptors (Lipinski definition) is 6. The van der Waals surface area contributed by atoms with Crippen LogP contribution in [0.5, 0.6) is 5.75 Å². The van der Waals surface area contributed by atoms with Crippen LogP contribution in [0.2, 0.25) is 0 Å². The SMILES string of the molecule is COc1ccc(NC(=O)C(C)n2nccc2C(=O)O)c([N+](=O)[O-])c1. The standard InChI is InChI=1S/C14H14N4O6/c1-8(17-11(14(20)21)5-6-15-17)13(19)16-10-4-3-9(24-2)7-12(10)18(22)23/h3-8H,1-2H3,(H,16,19)(H,20,21). The summed E-state index contributed by atoms with van der Waals surface area (Å²) in [4.78, 5) is 33.8. The third-order valence-electron chi connectivity index (χ3n) is 3.30. The molecule has 0 aliphatic heterocycles. The number of carbonyl (C=O) groups excluding carboxylic acids is 1. The molecule has 1 aromatic carbocycles. The van der Waals surface area contributed by atoms with Crippen LogP contribution in [0.15, 0.2) is 30.5 Å². The molecule has 0 radical (unpaired) electrons. The number of nitrogens with zero attached hydrogens (tertiary/aromatic N) is 3. The number of ether oxygens (including phenoxy) is 1. The van der Waals surface area contributed by atoms with Crippen molar-refractivity contribution in [1.82, 2.24) is 9.78 Å². The zero-order valence-electron chi connectivity index (χ0n) is 12.8. The predicted octanol–water partition coefficient (Wildman–Crippen LogP) is 1.70. The highest BCUT2D eigenvalue weighted by Gasteiger charge is 2.24. The molecule has 1 aromatic heterocycles. The molecule has 2 aromatic rings. The van der Waals surface area contributed by atoms with E-state index in [1.54, 1.807) is 0 Å². The Morgan fingerprint density at radius 1 is 1.42 bits per heavy atom. The van der Waals surface area contributed by atoms with Gasteiger partial charge in [0, 0.05) is 6.20 Å². The topological polar surface area (TPSA) is 137 Å². The second-order valence-corrected chi connectivity index (χ2v) is 4.77. The summed E-state index contributed by atoms with van der Waals surface area (Å²) in [6.45, 7) is 1.43. The van der Waals surface area contributed by atoms with Gasteiger partial charge in [0.2, 0.25) is 5.91 Å². The number of carboxylic acid groups (broad SMARTS) is 1. The minimum absolute atomic E-state index is 0.0262. The van der Waals surface area contributed by atoms with Crippen LogP contribution in [0, 0.1) is 10.1 Å². The monoisotopic (exact) mass is 334 g/mol. The van der Waals surface area contributed by atoms with Crippen molar-refractivity contribution in [2.75, 3.05) is 12.4 Å². The smallest absolute Gasteiger partial charge is 0.354 e. The highest BCUT2D eigenvalue weighted by atomic mass is 16.6. The lowest BCUT2D eigenvalue weighted by atomic mass is 10.2. The van der Waals surface area contributed by atoms with E-state index in [1.165, 1.54) is 44.5 Å². The van der Waals surface area contributed by atoms with Crippen LogP contribution in [0.1, 0.15) is 23.5 Å². The number of benzene rings is 1. The maximum atomic E-state index is 12.3. The van der Waals surface area contributed by atoms with Gasteiger partial charge in [-0.25, -0.2) is 9.48 Å². The van der Waals surface area contributed by atoms with E-state index in [-0.39, 0.29) is 22.8 Å². The van der Waals surface area contributed by atoms with Crippen molar-refractivity contribution >= 4 is 23.3 Å². The van der Waals surface area contributed by atoms with Crippen molar-refractivity contribution in [3.05, 3.63) is 46.3 Å². The Hall–Kier alpha value is -3.43. The van der Waals surface area contributed by atoms with Crippen LogP contribution in [-0.2, 0) is 4.79 Å². The first kappa shape index (κ1) is 16.9. The van der Waals surface area contributed by atoms with E-state index in [0.29, 0.717) is 0 Å². The lowest BCUT2D eigenvalue weighted by Gasteiger charge is -2.14. The van der Waals surface area contributed by atoms with E-state index in [9.17, 15) is 19.7 Å². The van der Waals surface area contributed by atoms with E-state index in [1.807, 2.05) is 0 Å². The molecule has 0 spiro atoms. The third-order valence-corrected chi connectivity index (χ3v) is 3.30. The molecule has 1 heterocycles. The number of methoxy groups -OCH3 is 1. The summed E-state index contributed by atoms with van der Waals surface area (Å²) < 4.78 is 5.94. The van der Waals surface area contributed by atoms with Gasteiger partial charge in [0.15, 0.2) is 0 Å². The normalized spacial score (nSPS) is 11.6. The highest BCUT2D eigenvalue weighted by Crippen LogP contribution is 2.29. The van der Waals surface area contributed by atoms with Gasteiger partial charge >= 0.3 is 5.97 Å². The Labute approximate surface area is 135 Å². The number of nitro groups is 1. The first-order chi connectivity index (χ1) is 11.3. The second kappa shape index (κ2) is 6.77. The van der Waals surface area contributed by atoms with Crippen molar-refractivity contribution in [3.63, 3.8) is 0 Å². The zero-order chi connectivity index (χ0) is 17.9. The molecule has 0 fully saturated rings. The molecule has 0 aliphatic carbocycles. The Kier molecular flexibility index (Phi) is 4.78. The van der Waals surface area contributed by atoms with Gasteiger partial charge in [-0.1, -0.05) is 0 Å². The van der Waals surface area contributed by atoms with E-state index >= 15 is 0 Å². The van der Waals surface area contributed by atoms with Gasteiger partial charge < -0.3 is 15.2 Å². The number of aromatic carboxylic acids is 1. The number of nitro benzene ring substituents is 1. The summed E-state index contributed by atoms with van der Waals surface area (Å²) in [6, 6.07) is 4.25. The molecule has 2 rings (SSSR count). The predicted molar refractivity (Wildman–Crippen MR) is 82.2 cm³/mol. The molecule has 0 bridgehead atoms. The second-order valence-electron chi connectivity index (χ2n) is 4.77. The molecular formula is C14H14N4O6. The molecule has 0 aliphatic rings. The van der Waals surface area contributed by atoms with Crippen molar-refractivity contribution in [2.45, 2.75) is 13.0 Å². The fraction of sp³-hybridized carbons (Fsp3) is 0.214. The Bertz CT molecular complexity index is 800.